The number of hydrogen-bond acceptors (Lipinski definition) is 5. The fourth-order valence-electron chi connectivity index (χ4n) is 1.76. The monoisotopic (exact) mass is 267 g/mol. The molecule has 0 saturated carbocycles. The van der Waals surface area contributed by atoms with Gasteiger partial charge in [-0.3, -0.25) is 0 Å². The van der Waals surface area contributed by atoms with E-state index in [1.165, 1.54) is 0 Å². The first-order valence-electron chi connectivity index (χ1n) is 6.92. The average Bonchev–Trinajstić information content (AvgIpc) is 2.35. The highest BCUT2D eigenvalue weighted by molar-refractivity contribution is 5.31. The van der Waals surface area contributed by atoms with Crippen molar-refractivity contribution < 1.29 is 9.84 Å². The van der Waals surface area contributed by atoms with E-state index in [0.29, 0.717) is 30.8 Å². The van der Waals surface area contributed by atoms with Gasteiger partial charge in [0.2, 0.25) is 11.8 Å². The molecule has 0 fully saturated rings. The zero-order chi connectivity index (χ0) is 14.3. The molecule has 1 unspecified atom stereocenters. The van der Waals surface area contributed by atoms with Gasteiger partial charge in [0.25, 0.3) is 0 Å². The summed E-state index contributed by atoms with van der Waals surface area (Å²) in [4.78, 5) is 8.71. The molecular weight excluding hydrogens is 242 g/mol. The largest absolute Gasteiger partial charge is 0.478 e. The van der Waals surface area contributed by atoms with Gasteiger partial charge in [-0.1, -0.05) is 20.8 Å². The Morgan fingerprint density at radius 1 is 1.37 bits per heavy atom. The molecule has 0 aliphatic carbocycles. The van der Waals surface area contributed by atoms with Crippen LogP contribution in [0.15, 0.2) is 6.07 Å². The Bertz CT molecular complexity index is 383. The Morgan fingerprint density at radius 3 is 2.68 bits per heavy atom. The van der Waals surface area contributed by atoms with Crippen LogP contribution in [0.2, 0.25) is 0 Å². The third kappa shape index (κ3) is 5.42. The lowest BCUT2D eigenvalue weighted by Gasteiger charge is -2.21. The summed E-state index contributed by atoms with van der Waals surface area (Å²) in [7, 11) is 0. The molecule has 1 heterocycles. The van der Waals surface area contributed by atoms with Gasteiger partial charge in [0.05, 0.1) is 6.61 Å². The highest BCUT2D eigenvalue weighted by Gasteiger charge is 2.14. The number of hydrogen-bond donors (Lipinski definition) is 2. The zero-order valence-electron chi connectivity index (χ0n) is 12.3. The molecule has 0 amide bonds. The van der Waals surface area contributed by atoms with Crippen LogP contribution in [0.25, 0.3) is 0 Å². The van der Waals surface area contributed by atoms with Crippen molar-refractivity contribution in [2.75, 3.05) is 18.5 Å². The van der Waals surface area contributed by atoms with Gasteiger partial charge in [-0.2, -0.15) is 4.98 Å². The Kier molecular flexibility index (Phi) is 6.56. The first kappa shape index (κ1) is 15.7. The van der Waals surface area contributed by atoms with E-state index in [-0.39, 0.29) is 12.6 Å². The topological polar surface area (TPSA) is 67.3 Å². The van der Waals surface area contributed by atoms with Crippen LogP contribution in [0.1, 0.15) is 39.3 Å². The van der Waals surface area contributed by atoms with Crippen molar-refractivity contribution >= 4 is 5.95 Å². The van der Waals surface area contributed by atoms with Gasteiger partial charge >= 0.3 is 0 Å². The minimum absolute atomic E-state index is 0.154. The SMILES string of the molecule is CCCOc1cc(C)nc(NC(CCO)C(C)C)n1. The molecule has 0 radical (unpaired) electrons. The minimum Gasteiger partial charge on any atom is -0.478 e. The van der Waals surface area contributed by atoms with Crippen LogP contribution in [0.5, 0.6) is 5.88 Å². The zero-order valence-corrected chi connectivity index (χ0v) is 12.3. The number of rotatable bonds is 8. The second-order valence-corrected chi connectivity index (χ2v) is 5.03. The number of anilines is 1. The quantitative estimate of drug-likeness (QED) is 0.757. The van der Waals surface area contributed by atoms with Crippen LogP contribution in [0.3, 0.4) is 0 Å². The van der Waals surface area contributed by atoms with Crippen LogP contribution in [-0.2, 0) is 0 Å². The number of aliphatic hydroxyl groups is 1. The van der Waals surface area contributed by atoms with Crippen LogP contribution in [0, 0.1) is 12.8 Å². The van der Waals surface area contributed by atoms with Crippen molar-refractivity contribution in [2.24, 2.45) is 5.92 Å². The second-order valence-electron chi connectivity index (χ2n) is 5.03. The van der Waals surface area contributed by atoms with Gasteiger partial charge in [-0.05, 0) is 25.7 Å². The van der Waals surface area contributed by atoms with Gasteiger partial charge in [0.1, 0.15) is 0 Å². The molecule has 5 heteroatoms. The third-order valence-corrected chi connectivity index (χ3v) is 2.84. The predicted molar refractivity (Wildman–Crippen MR) is 76.5 cm³/mol. The maximum Gasteiger partial charge on any atom is 0.226 e. The standard InChI is InChI=1S/C14H25N3O2/c1-5-8-19-13-9-11(4)15-14(17-13)16-12(6-7-18)10(2)3/h9-10,12,18H,5-8H2,1-4H3,(H,15,16,17). The molecule has 0 aliphatic rings. The van der Waals surface area contributed by atoms with Crippen molar-refractivity contribution in [1.29, 1.82) is 0 Å². The summed E-state index contributed by atoms with van der Waals surface area (Å²) in [6.45, 7) is 9.00. The second kappa shape index (κ2) is 7.94. The number of aliphatic hydroxyl groups excluding tert-OH is 1. The molecule has 0 aromatic carbocycles. The fourth-order valence-corrected chi connectivity index (χ4v) is 1.76. The molecule has 0 aliphatic heterocycles. The van der Waals surface area contributed by atoms with E-state index in [9.17, 15) is 0 Å². The summed E-state index contributed by atoms with van der Waals surface area (Å²) in [5.74, 6) is 1.57. The van der Waals surface area contributed by atoms with E-state index in [4.69, 9.17) is 9.84 Å². The van der Waals surface area contributed by atoms with Crippen molar-refractivity contribution in [3.8, 4) is 5.88 Å². The summed E-state index contributed by atoms with van der Waals surface area (Å²) in [5, 5.41) is 12.4. The van der Waals surface area contributed by atoms with Crippen molar-refractivity contribution in [3.05, 3.63) is 11.8 Å². The Balaban J connectivity index is 2.78. The molecule has 1 aromatic rings. The minimum atomic E-state index is 0.154. The lowest BCUT2D eigenvalue weighted by Crippen LogP contribution is -2.28. The van der Waals surface area contributed by atoms with E-state index in [1.807, 2.05) is 13.0 Å². The van der Waals surface area contributed by atoms with Crippen LogP contribution in [-0.4, -0.2) is 34.3 Å². The highest BCUT2D eigenvalue weighted by atomic mass is 16.5. The smallest absolute Gasteiger partial charge is 0.226 e. The Morgan fingerprint density at radius 2 is 2.11 bits per heavy atom. The van der Waals surface area contributed by atoms with Crippen LogP contribution >= 0.6 is 0 Å². The number of aryl methyl sites for hydroxylation is 1. The van der Waals surface area contributed by atoms with E-state index in [2.05, 4.69) is 36.1 Å². The number of aromatic nitrogens is 2. The molecule has 19 heavy (non-hydrogen) atoms. The highest BCUT2D eigenvalue weighted by Crippen LogP contribution is 2.16. The summed E-state index contributed by atoms with van der Waals surface area (Å²) < 4.78 is 5.54. The predicted octanol–water partition coefficient (Wildman–Crippen LogP) is 2.39. The van der Waals surface area contributed by atoms with E-state index in [1.54, 1.807) is 0 Å². The average molecular weight is 267 g/mol. The fraction of sp³-hybridized carbons (Fsp3) is 0.714. The van der Waals surface area contributed by atoms with Crippen molar-refractivity contribution in [3.63, 3.8) is 0 Å². The Hall–Kier alpha value is -1.36. The maximum absolute atomic E-state index is 9.08. The van der Waals surface area contributed by atoms with E-state index in [0.717, 1.165) is 12.1 Å². The molecule has 2 N–H and O–H groups in total. The number of ether oxygens (including phenoxy) is 1. The molecule has 0 saturated heterocycles. The summed E-state index contributed by atoms with van der Waals surface area (Å²) in [6, 6.07) is 1.99. The first-order valence-corrected chi connectivity index (χ1v) is 6.92. The third-order valence-electron chi connectivity index (χ3n) is 2.84. The van der Waals surface area contributed by atoms with E-state index < -0.39 is 0 Å². The van der Waals surface area contributed by atoms with Crippen molar-refractivity contribution in [1.82, 2.24) is 9.97 Å². The van der Waals surface area contributed by atoms with E-state index >= 15 is 0 Å². The molecule has 108 valence electrons. The molecular formula is C14H25N3O2. The number of nitrogens with zero attached hydrogens (tertiary/aromatic N) is 2. The van der Waals surface area contributed by atoms with Gasteiger partial charge in [0, 0.05) is 24.4 Å². The molecule has 1 rings (SSSR count). The summed E-state index contributed by atoms with van der Waals surface area (Å²) >= 11 is 0. The lowest BCUT2D eigenvalue weighted by molar-refractivity contribution is 0.267. The Labute approximate surface area is 115 Å². The van der Waals surface area contributed by atoms with Crippen LogP contribution in [0.4, 0.5) is 5.95 Å². The summed E-state index contributed by atoms with van der Waals surface area (Å²) in [6.07, 6.45) is 1.63. The first-order chi connectivity index (χ1) is 9.06. The summed E-state index contributed by atoms with van der Waals surface area (Å²) in [5.41, 5.74) is 0.870. The molecule has 0 bridgehead atoms. The van der Waals surface area contributed by atoms with Gasteiger partial charge < -0.3 is 15.2 Å². The maximum atomic E-state index is 9.08. The van der Waals surface area contributed by atoms with Gasteiger partial charge in [-0.25, -0.2) is 4.98 Å². The van der Waals surface area contributed by atoms with Gasteiger partial charge in [-0.15, -0.1) is 0 Å². The van der Waals surface area contributed by atoms with Gasteiger partial charge in [0.15, 0.2) is 0 Å². The lowest BCUT2D eigenvalue weighted by atomic mass is 10.0. The van der Waals surface area contributed by atoms with Crippen molar-refractivity contribution in [2.45, 2.75) is 46.6 Å². The molecule has 5 nitrogen and oxygen atoms in total. The molecule has 1 aromatic heterocycles. The van der Waals surface area contributed by atoms with Crippen LogP contribution < -0.4 is 10.1 Å². The normalized spacial score (nSPS) is 12.5. The molecule has 1 atom stereocenters. The molecule has 0 spiro atoms. The number of nitrogens with one attached hydrogen (secondary N) is 1.